The molecule has 2 N–H and O–H groups in total. The van der Waals surface area contributed by atoms with Crippen molar-refractivity contribution in [3.63, 3.8) is 0 Å². The van der Waals surface area contributed by atoms with Gasteiger partial charge in [-0.05, 0) is 23.3 Å². The van der Waals surface area contributed by atoms with Crippen LogP contribution in [0.15, 0.2) is 48.5 Å². The Balaban J connectivity index is 2.42. The maximum atomic E-state index is 10.6. The number of hydrogen-bond acceptors (Lipinski definition) is 4. The van der Waals surface area contributed by atoms with Crippen LogP contribution in [0.1, 0.15) is 0 Å². The lowest BCUT2D eigenvalue weighted by Crippen LogP contribution is -2.08. The molecule has 2 aromatic carbocycles. The van der Waals surface area contributed by atoms with E-state index in [1.165, 1.54) is 12.1 Å². The summed E-state index contributed by atoms with van der Waals surface area (Å²) < 4.78 is 9.00. The molecule has 2 aromatic rings. The second-order valence-electron chi connectivity index (χ2n) is 3.76. The Morgan fingerprint density at radius 1 is 0.750 bits per heavy atom. The van der Waals surface area contributed by atoms with Crippen LogP contribution in [0, 0.1) is 0 Å². The van der Waals surface area contributed by atoms with Gasteiger partial charge in [-0.2, -0.15) is 0 Å². The molecule has 0 spiro atoms. The maximum absolute atomic E-state index is 10.6. The van der Waals surface area contributed by atoms with Crippen LogP contribution in [0.25, 0.3) is 11.1 Å². The zero-order valence-electron chi connectivity index (χ0n) is 10.1. The van der Waals surface area contributed by atoms with E-state index < -0.39 is 12.3 Å². The van der Waals surface area contributed by atoms with Gasteiger partial charge in [-0.25, -0.2) is 9.59 Å². The van der Waals surface area contributed by atoms with Crippen molar-refractivity contribution in [2.45, 2.75) is 0 Å². The summed E-state index contributed by atoms with van der Waals surface area (Å²) in [7, 11) is 0. The lowest BCUT2D eigenvalue weighted by atomic mass is 10.1. The first kappa shape index (κ1) is 13.4. The van der Waals surface area contributed by atoms with Gasteiger partial charge in [0, 0.05) is 0 Å². The molecule has 0 aliphatic rings. The largest absolute Gasteiger partial charge is 0.511 e. The van der Waals surface area contributed by atoms with Crippen LogP contribution in [0.4, 0.5) is 9.59 Å². The fourth-order valence-electron chi connectivity index (χ4n) is 1.67. The third-order valence-corrected chi connectivity index (χ3v) is 2.45. The number of benzene rings is 2. The highest BCUT2D eigenvalue weighted by Gasteiger charge is 2.14. The number of carboxylic acid groups (broad SMARTS) is 2. The molecule has 0 fully saturated rings. The molecule has 20 heavy (non-hydrogen) atoms. The summed E-state index contributed by atoms with van der Waals surface area (Å²) in [6.45, 7) is 0. The van der Waals surface area contributed by atoms with Gasteiger partial charge in [-0.15, -0.1) is 0 Å². The van der Waals surface area contributed by atoms with Crippen molar-refractivity contribution in [2.24, 2.45) is 0 Å². The van der Waals surface area contributed by atoms with Gasteiger partial charge in [0.05, 0.1) is 0 Å². The monoisotopic (exact) mass is 274 g/mol. The third kappa shape index (κ3) is 3.26. The predicted molar refractivity (Wildman–Crippen MR) is 69.2 cm³/mol. The van der Waals surface area contributed by atoms with Gasteiger partial charge in [0.1, 0.15) is 0 Å². The number of rotatable bonds is 3. The summed E-state index contributed by atoms with van der Waals surface area (Å²) in [5.41, 5.74) is 1.52. The predicted octanol–water partition coefficient (Wildman–Crippen LogP) is 3.47. The van der Waals surface area contributed by atoms with E-state index in [2.05, 4.69) is 9.47 Å². The van der Waals surface area contributed by atoms with Crippen molar-refractivity contribution in [1.29, 1.82) is 0 Å². The van der Waals surface area contributed by atoms with Crippen molar-refractivity contribution < 1.29 is 29.3 Å². The summed E-state index contributed by atoms with van der Waals surface area (Å²) in [5, 5.41) is 17.2. The number of hydrogen-bond donors (Lipinski definition) is 2. The van der Waals surface area contributed by atoms with E-state index in [1.807, 2.05) is 30.3 Å². The average Bonchev–Trinajstić information content (AvgIpc) is 2.40. The second-order valence-corrected chi connectivity index (χ2v) is 3.76. The molecule has 6 nitrogen and oxygen atoms in total. The summed E-state index contributed by atoms with van der Waals surface area (Å²) in [6, 6.07) is 13.5. The van der Waals surface area contributed by atoms with Crippen LogP contribution in [0.5, 0.6) is 11.5 Å². The normalized spacial score (nSPS) is 9.80. The Hall–Kier alpha value is -3.02. The Bertz CT molecular complexity index is 635. The van der Waals surface area contributed by atoms with Crippen molar-refractivity contribution in [1.82, 2.24) is 0 Å². The Labute approximate surface area is 113 Å². The molecule has 6 heteroatoms. The highest BCUT2D eigenvalue weighted by molar-refractivity contribution is 5.72. The first-order chi connectivity index (χ1) is 9.56. The van der Waals surface area contributed by atoms with Crippen LogP contribution in [-0.4, -0.2) is 22.5 Å². The van der Waals surface area contributed by atoms with Crippen molar-refractivity contribution >= 4 is 12.3 Å². The maximum Gasteiger partial charge on any atom is 0.511 e. The van der Waals surface area contributed by atoms with Gasteiger partial charge in [-0.1, -0.05) is 36.4 Å². The fraction of sp³-hybridized carbons (Fsp3) is 0. The Morgan fingerprint density at radius 3 is 1.95 bits per heavy atom. The quantitative estimate of drug-likeness (QED) is 0.657. The molecule has 0 saturated heterocycles. The van der Waals surface area contributed by atoms with Gasteiger partial charge < -0.3 is 19.7 Å². The molecular formula is C14H10O6. The molecule has 0 aliphatic carbocycles. The molecule has 2 rings (SSSR count). The second kappa shape index (κ2) is 5.75. The highest BCUT2D eigenvalue weighted by Crippen LogP contribution is 2.33. The molecule has 0 atom stereocenters. The molecule has 102 valence electrons. The molecule has 0 saturated carbocycles. The van der Waals surface area contributed by atoms with Crippen LogP contribution < -0.4 is 9.47 Å². The van der Waals surface area contributed by atoms with E-state index in [-0.39, 0.29) is 11.5 Å². The van der Waals surface area contributed by atoms with Crippen molar-refractivity contribution in [2.75, 3.05) is 0 Å². The first-order valence-corrected chi connectivity index (χ1v) is 5.57. The number of carbonyl (C=O) groups is 2. The Kier molecular flexibility index (Phi) is 3.85. The Morgan fingerprint density at radius 2 is 1.35 bits per heavy atom. The van der Waals surface area contributed by atoms with Gasteiger partial charge in [-0.3, -0.25) is 0 Å². The summed E-state index contributed by atoms with van der Waals surface area (Å²) >= 11 is 0. The minimum absolute atomic E-state index is 0.179. The van der Waals surface area contributed by atoms with Crippen LogP contribution in [-0.2, 0) is 0 Å². The molecule has 0 aromatic heterocycles. The topological polar surface area (TPSA) is 93.1 Å². The minimum atomic E-state index is -1.55. The van der Waals surface area contributed by atoms with Crippen molar-refractivity contribution in [3.8, 4) is 22.6 Å². The first-order valence-electron chi connectivity index (χ1n) is 5.57. The number of ether oxygens (including phenoxy) is 2. The van der Waals surface area contributed by atoms with Crippen LogP contribution >= 0.6 is 0 Å². The van der Waals surface area contributed by atoms with E-state index in [1.54, 1.807) is 6.07 Å². The average molecular weight is 274 g/mol. The van der Waals surface area contributed by atoms with E-state index in [0.29, 0.717) is 5.56 Å². The van der Waals surface area contributed by atoms with E-state index in [4.69, 9.17) is 10.2 Å². The summed E-state index contributed by atoms with van der Waals surface area (Å²) in [4.78, 5) is 21.2. The van der Waals surface area contributed by atoms with E-state index >= 15 is 0 Å². The molecule has 0 radical (unpaired) electrons. The fourth-order valence-corrected chi connectivity index (χ4v) is 1.67. The molecule has 0 amide bonds. The SMILES string of the molecule is O=C(O)Oc1ccc(-c2ccccc2)cc1OC(=O)O. The van der Waals surface area contributed by atoms with Gasteiger partial charge >= 0.3 is 12.3 Å². The zero-order valence-corrected chi connectivity index (χ0v) is 10.1. The lowest BCUT2D eigenvalue weighted by Gasteiger charge is -2.09. The third-order valence-electron chi connectivity index (χ3n) is 2.45. The molecular weight excluding hydrogens is 264 g/mol. The van der Waals surface area contributed by atoms with Gasteiger partial charge in [0.25, 0.3) is 0 Å². The smallest absolute Gasteiger partial charge is 0.449 e. The standard InChI is InChI=1S/C14H10O6/c15-13(16)19-11-7-6-10(8-12(11)20-14(17)18)9-4-2-1-3-5-9/h1-8H,(H,15,16)(H,17,18). The van der Waals surface area contributed by atoms with E-state index in [9.17, 15) is 9.59 Å². The van der Waals surface area contributed by atoms with E-state index in [0.717, 1.165) is 5.56 Å². The minimum Gasteiger partial charge on any atom is -0.449 e. The van der Waals surface area contributed by atoms with Crippen LogP contribution in [0.2, 0.25) is 0 Å². The van der Waals surface area contributed by atoms with Crippen LogP contribution in [0.3, 0.4) is 0 Å². The molecule has 0 bridgehead atoms. The molecule has 0 aliphatic heterocycles. The van der Waals surface area contributed by atoms with Gasteiger partial charge in [0.2, 0.25) is 0 Å². The van der Waals surface area contributed by atoms with Gasteiger partial charge in [0.15, 0.2) is 11.5 Å². The lowest BCUT2D eigenvalue weighted by molar-refractivity contribution is 0.132. The summed E-state index contributed by atoms with van der Waals surface area (Å²) in [5.74, 6) is -0.360. The molecule has 0 unspecified atom stereocenters. The highest BCUT2D eigenvalue weighted by atomic mass is 16.7. The summed E-state index contributed by atoms with van der Waals surface area (Å²) in [6.07, 6.45) is -3.10. The molecule has 0 heterocycles. The van der Waals surface area contributed by atoms with Crippen molar-refractivity contribution in [3.05, 3.63) is 48.5 Å². The zero-order chi connectivity index (χ0) is 14.5.